The summed E-state index contributed by atoms with van der Waals surface area (Å²) < 4.78 is 0. The Labute approximate surface area is 346 Å². The molecule has 0 rings (SSSR count). The Morgan fingerprint density at radius 1 is 0.373 bits per heavy atom. The van der Waals surface area contributed by atoms with Crippen LogP contribution in [0.25, 0.3) is 0 Å². The third kappa shape index (κ3) is 49.1. The van der Waals surface area contributed by atoms with Crippen molar-refractivity contribution >= 4 is 49.7 Å². The first-order chi connectivity index (χ1) is 24.4. The van der Waals surface area contributed by atoms with Crippen LogP contribution in [-0.4, -0.2) is 98.7 Å². The predicted molar refractivity (Wildman–Crippen MR) is 219 cm³/mol. The molecule has 0 aromatic heterocycles. The van der Waals surface area contributed by atoms with E-state index < -0.39 is 11.9 Å². The molecule has 0 atom stereocenters. The molecule has 0 aromatic rings. The van der Waals surface area contributed by atoms with Crippen LogP contribution in [-0.2, 0) is 9.59 Å². The molecule has 0 heterocycles. The van der Waals surface area contributed by atoms with E-state index in [-0.39, 0.29) is 50.8 Å². The quantitative estimate of drug-likeness (QED) is 0.0362. The van der Waals surface area contributed by atoms with E-state index in [1.165, 1.54) is 128 Å². The van der Waals surface area contributed by atoms with E-state index in [1.54, 1.807) is 0 Å². The fraction of sp³-hybridized carbons (Fsp3) is 0.773. The molecule has 7 heteroatoms. The van der Waals surface area contributed by atoms with E-state index in [4.69, 9.17) is 0 Å². The Balaban J connectivity index is -0.000000886. The minimum Gasteiger partial charge on any atom is -0.549 e. The molecular weight excluding hydrogens is 661 g/mol. The zero-order chi connectivity index (χ0) is 37.2. The summed E-state index contributed by atoms with van der Waals surface area (Å²) in [7, 11) is 0. The van der Waals surface area contributed by atoms with Crippen molar-refractivity contribution in [2.24, 2.45) is 0 Å². The van der Waals surface area contributed by atoms with Gasteiger partial charge in [-0.2, -0.15) is 0 Å². The van der Waals surface area contributed by atoms with Gasteiger partial charge in [-0.3, -0.25) is 9.80 Å². The maximum absolute atomic E-state index is 10.9. The molecule has 0 bridgehead atoms. The summed E-state index contributed by atoms with van der Waals surface area (Å²) >= 11 is 0. The third-order valence-corrected chi connectivity index (χ3v) is 9.03. The number of carbonyl (C=O) groups excluding carboxylic acids is 2. The molecule has 0 amide bonds. The van der Waals surface area contributed by atoms with Crippen LogP contribution < -0.4 is 10.2 Å². The van der Waals surface area contributed by atoms with Gasteiger partial charge in [-0.1, -0.05) is 126 Å². The van der Waals surface area contributed by atoms with Gasteiger partial charge in [0, 0.05) is 13.1 Å². The van der Waals surface area contributed by atoms with E-state index in [0.717, 1.165) is 51.9 Å². The van der Waals surface area contributed by atoms with Crippen molar-refractivity contribution in [3.63, 3.8) is 0 Å². The van der Waals surface area contributed by atoms with Crippen LogP contribution in [0.4, 0.5) is 0 Å². The number of nitrogens with zero attached hydrogens (tertiary/aromatic N) is 2. The molecule has 0 aromatic carbocycles. The van der Waals surface area contributed by atoms with Crippen LogP contribution in [0, 0.1) is 0 Å². The second-order valence-corrected chi connectivity index (χ2v) is 13.8. The largest absolute Gasteiger partial charge is 2.00 e. The number of aliphatic carboxylic acids is 2. The van der Waals surface area contributed by atoms with Crippen LogP contribution in [0.3, 0.4) is 0 Å². The number of rotatable bonds is 36. The zero-order valence-electron chi connectivity index (χ0n) is 34.1. The van der Waals surface area contributed by atoms with Gasteiger partial charge in [0.2, 0.25) is 0 Å². The molecule has 292 valence electrons. The van der Waals surface area contributed by atoms with Crippen molar-refractivity contribution in [2.45, 2.75) is 182 Å². The molecule has 0 fully saturated rings. The van der Waals surface area contributed by atoms with Crippen LogP contribution in [0.5, 0.6) is 0 Å². The average Bonchev–Trinajstić information content (AvgIpc) is 3.09. The van der Waals surface area contributed by atoms with Gasteiger partial charge >= 0.3 is 37.7 Å². The Morgan fingerprint density at radius 3 is 0.765 bits per heavy atom. The van der Waals surface area contributed by atoms with E-state index in [0.29, 0.717) is 0 Å². The van der Waals surface area contributed by atoms with E-state index in [1.807, 2.05) is 0 Å². The van der Waals surface area contributed by atoms with E-state index in [2.05, 4.69) is 86.1 Å². The number of unbranched alkanes of at least 4 members (excludes halogenated alkanes) is 20. The normalized spacial score (nSPS) is 11.7. The molecule has 6 nitrogen and oxygen atoms in total. The summed E-state index contributed by atoms with van der Waals surface area (Å²) in [6, 6.07) is 0. The minimum absolute atomic E-state index is 0. The van der Waals surface area contributed by atoms with E-state index >= 15 is 0 Å². The Morgan fingerprint density at radius 2 is 0.569 bits per heavy atom. The Hall–Kier alpha value is -0.920. The summed E-state index contributed by atoms with van der Waals surface area (Å²) in [6.45, 7) is 12.0. The van der Waals surface area contributed by atoms with Crippen molar-refractivity contribution in [3.05, 3.63) is 48.6 Å². The fourth-order valence-corrected chi connectivity index (χ4v) is 6.08. The first kappa shape index (κ1) is 54.4. The standard InChI is InChI=1S/2C22H41NO2.Ca/c2*1-3-5-7-9-11-13-15-17-19-23(21-22(24)25)20-18-16-14-12-10-8-6-4-2;/h2*3-6H,7-21H2,1-2H3,(H,24,25);/q;;+2/p-2/b2*5-3+,6-4+;. The first-order valence-electron chi connectivity index (χ1n) is 20.7. The van der Waals surface area contributed by atoms with Crippen molar-refractivity contribution < 1.29 is 19.8 Å². The maximum atomic E-state index is 10.9. The van der Waals surface area contributed by atoms with Gasteiger partial charge < -0.3 is 19.8 Å². The summed E-state index contributed by atoms with van der Waals surface area (Å²) in [5.74, 6) is -1.89. The molecule has 0 aliphatic carbocycles. The molecule has 0 saturated carbocycles. The maximum Gasteiger partial charge on any atom is 2.00 e. The molecule has 0 unspecified atom stereocenters. The van der Waals surface area contributed by atoms with Gasteiger partial charge in [-0.15, -0.1) is 0 Å². The SMILES string of the molecule is C/C=C/CCCCCCCN(CCCCCCC/C=C/C)CC(=O)[O-].C/C=C/CCCCCCCN(CCCCCCC/C=C/C)CC(=O)[O-].[Ca+2]. The fourth-order valence-electron chi connectivity index (χ4n) is 6.08. The molecule has 0 saturated heterocycles. The second-order valence-electron chi connectivity index (χ2n) is 13.8. The first-order valence-corrected chi connectivity index (χ1v) is 20.7. The number of allylic oxidation sites excluding steroid dienone is 8. The summed E-state index contributed by atoms with van der Waals surface area (Å²) in [4.78, 5) is 26.0. The number of hydrogen-bond donors (Lipinski definition) is 0. The molecule has 0 N–H and O–H groups in total. The zero-order valence-corrected chi connectivity index (χ0v) is 36.3. The molecule has 0 spiro atoms. The van der Waals surface area contributed by atoms with Crippen molar-refractivity contribution in [1.29, 1.82) is 0 Å². The molecule has 0 aliphatic heterocycles. The van der Waals surface area contributed by atoms with E-state index in [9.17, 15) is 19.8 Å². The van der Waals surface area contributed by atoms with Crippen molar-refractivity contribution in [3.8, 4) is 0 Å². The smallest absolute Gasteiger partial charge is 0.549 e. The number of carboxylic acid groups (broad SMARTS) is 2. The van der Waals surface area contributed by atoms with Crippen LogP contribution >= 0.6 is 0 Å². The summed E-state index contributed by atoms with van der Waals surface area (Å²) in [6.07, 6.45) is 46.4. The molecular formula is C44H80CaN2O4. The second kappa shape index (κ2) is 47.1. The summed E-state index contributed by atoms with van der Waals surface area (Å²) in [5, 5.41) is 21.8. The van der Waals surface area contributed by atoms with Gasteiger partial charge in [0.1, 0.15) is 0 Å². The average molecular weight is 741 g/mol. The monoisotopic (exact) mass is 741 g/mol. The molecule has 0 radical (unpaired) electrons. The summed E-state index contributed by atoms with van der Waals surface area (Å²) in [5.41, 5.74) is 0. The van der Waals surface area contributed by atoms with Crippen molar-refractivity contribution in [1.82, 2.24) is 9.80 Å². The van der Waals surface area contributed by atoms with Gasteiger partial charge in [0.05, 0.1) is 11.9 Å². The van der Waals surface area contributed by atoms with Crippen molar-refractivity contribution in [2.75, 3.05) is 39.3 Å². The van der Waals surface area contributed by atoms with Gasteiger partial charge in [-0.05, 0) is 131 Å². The number of carbonyl (C=O) groups is 2. The van der Waals surface area contributed by atoms with Crippen LogP contribution in [0.1, 0.15) is 182 Å². The number of hydrogen-bond acceptors (Lipinski definition) is 6. The van der Waals surface area contributed by atoms with Gasteiger partial charge in [-0.25, -0.2) is 0 Å². The van der Waals surface area contributed by atoms with Crippen LogP contribution in [0.15, 0.2) is 48.6 Å². The van der Waals surface area contributed by atoms with Gasteiger partial charge in [0.15, 0.2) is 0 Å². The number of carboxylic acids is 2. The third-order valence-electron chi connectivity index (χ3n) is 9.03. The minimum atomic E-state index is -0.947. The van der Waals surface area contributed by atoms with Crippen LogP contribution in [0.2, 0.25) is 0 Å². The molecule has 51 heavy (non-hydrogen) atoms. The van der Waals surface area contributed by atoms with Gasteiger partial charge in [0.25, 0.3) is 0 Å². The predicted octanol–water partition coefficient (Wildman–Crippen LogP) is 9.36. The molecule has 0 aliphatic rings. The topological polar surface area (TPSA) is 86.7 Å². The Kier molecular flexibility index (Phi) is 50.3. The Bertz CT molecular complexity index is 723.